The van der Waals surface area contributed by atoms with E-state index in [9.17, 15) is 20.2 Å². The molecule has 0 bridgehead atoms. The Morgan fingerprint density at radius 3 is 2.61 bits per heavy atom. The molecule has 3 rings (SSSR count). The maximum atomic E-state index is 13.0. The van der Waals surface area contributed by atoms with Crippen molar-refractivity contribution in [3.63, 3.8) is 0 Å². The predicted molar refractivity (Wildman–Crippen MR) is 117 cm³/mol. The number of nitro benzene ring substituents is 1. The summed E-state index contributed by atoms with van der Waals surface area (Å²) >= 11 is 0. The van der Waals surface area contributed by atoms with E-state index in [2.05, 4.69) is 11.1 Å². The number of aliphatic imine (C=N–C) groups is 1. The van der Waals surface area contributed by atoms with Crippen LogP contribution < -0.4 is 0 Å². The number of hydrogen-bond donors (Lipinski definition) is 0. The third-order valence-electron chi connectivity index (χ3n) is 4.97. The Bertz CT molecular complexity index is 1130. The van der Waals surface area contributed by atoms with Crippen LogP contribution in [0.5, 0.6) is 0 Å². The van der Waals surface area contributed by atoms with Crippen LogP contribution in [-0.4, -0.2) is 23.2 Å². The minimum Gasteiger partial charge on any atom is -0.463 e. The van der Waals surface area contributed by atoms with Gasteiger partial charge in [-0.15, -0.1) is 0 Å². The van der Waals surface area contributed by atoms with Crippen LogP contribution >= 0.6 is 0 Å². The van der Waals surface area contributed by atoms with Crippen LogP contribution in [-0.2, 0) is 9.53 Å². The Hall–Kier alpha value is -4.05. The van der Waals surface area contributed by atoms with Gasteiger partial charge in [-0.1, -0.05) is 48.5 Å². The fourth-order valence-corrected chi connectivity index (χ4v) is 3.55. The zero-order chi connectivity index (χ0) is 22.4. The van der Waals surface area contributed by atoms with Crippen molar-refractivity contribution >= 4 is 23.4 Å². The van der Waals surface area contributed by atoms with Crippen molar-refractivity contribution in [3.05, 3.63) is 93.2 Å². The minimum absolute atomic E-state index is 0.112. The summed E-state index contributed by atoms with van der Waals surface area (Å²) in [7, 11) is 0. The summed E-state index contributed by atoms with van der Waals surface area (Å²) in [6.45, 7) is 3.57. The SMILES string of the molecule is CCOC(=O)C1=C(C=Cc2ccccc2)N=C(C)C(C#N)C1c1cccc([N+](=O)[O-])c1. The number of carbonyl (C=O) groups excluding carboxylic acids is 1. The highest BCUT2D eigenvalue weighted by Gasteiger charge is 2.38. The number of non-ortho nitro benzene ring substituents is 1. The maximum Gasteiger partial charge on any atom is 0.336 e. The second-order valence-corrected chi connectivity index (χ2v) is 6.95. The van der Waals surface area contributed by atoms with Crippen LogP contribution in [0.25, 0.3) is 6.08 Å². The van der Waals surface area contributed by atoms with Crippen molar-refractivity contribution in [1.29, 1.82) is 5.26 Å². The summed E-state index contributed by atoms with van der Waals surface area (Å²) in [5.41, 5.74) is 2.41. The highest BCUT2D eigenvalue weighted by atomic mass is 16.6. The lowest BCUT2D eigenvalue weighted by molar-refractivity contribution is -0.384. The third-order valence-corrected chi connectivity index (χ3v) is 4.97. The molecular formula is C24H21N3O4. The number of rotatable bonds is 6. The van der Waals surface area contributed by atoms with Crippen molar-refractivity contribution in [2.45, 2.75) is 19.8 Å². The third kappa shape index (κ3) is 4.75. The van der Waals surface area contributed by atoms with Crippen LogP contribution in [0.15, 0.2) is 76.9 Å². The molecule has 0 radical (unpaired) electrons. The van der Waals surface area contributed by atoms with Gasteiger partial charge in [-0.2, -0.15) is 5.26 Å². The first-order valence-electron chi connectivity index (χ1n) is 9.79. The molecule has 1 aliphatic heterocycles. The van der Waals surface area contributed by atoms with Crippen molar-refractivity contribution in [3.8, 4) is 6.07 Å². The molecule has 1 heterocycles. The van der Waals surface area contributed by atoms with Gasteiger partial charge < -0.3 is 4.74 Å². The molecule has 2 aromatic rings. The summed E-state index contributed by atoms with van der Waals surface area (Å²) in [6, 6.07) is 17.7. The van der Waals surface area contributed by atoms with E-state index in [4.69, 9.17) is 4.74 Å². The second-order valence-electron chi connectivity index (χ2n) is 6.95. The Morgan fingerprint density at radius 2 is 1.97 bits per heavy atom. The van der Waals surface area contributed by atoms with Gasteiger partial charge in [0.05, 0.1) is 34.8 Å². The summed E-state index contributed by atoms with van der Waals surface area (Å²) < 4.78 is 5.28. The van der Waals surface area contributed by atoms with Gasteiger partial charge in [0.15, 0.2) is 0 Å². The van der Waals surface area contributed by atoms with Crippen molar-refractivity contribution in [2.24, 2.45) is 10.9 Å². The molecule has 7 nitrogen and oxygen atoms in total. The molecule has 2 atom stereocenters. The highest BCUT2D eigenvalue weighted by Crippen LogP contribution is 2.40. The average Bonchev–Trinajstić information content (AvgIpc) is 2.78. The van der Waals surface area contributed by atoms with Gasteiger partial charge in [-0.25, -0.2) is 4.79 Å². The number of esters is 1. The van der Waals surface area contributed by atoms with Gasteiger partial charge in [0, 0.05) is 23.8 Å². The first-order valence-corrected chi connectivity index (χ1v) is 9.79. The van der Waals surface area contributed by atoms with Gasteiger partial charge in [0.2, 0.25) is 0 Å². The van der Waals surface area contributed by atoms with Crippen LogP contribution in [0.2, 0.25) is 0 Å². The number of allylic oxidation sites excluding steroid dienone is 1. The van der Waals surface area contributed by atoms with Crippen molar-refractivity contribution in [2.75, 3.05) is 6.61 Å². The number of nitro groups is 1. The Kier molecular flexibility index (Phi) is 6.73. The van der Waals surface area contributed by atoms with Gasteiger partial charge in [-0.05, 0) is 31.1 Å². The topological polar surface area (TPSA) is 106 Å². The number of nitriles is 1. The second kappa shape index (κ2) is 9.63. The molecule has 2 unspecified atom stereocenters. The van der Waals surface area contributed by atoms with Crippen molar-refractivity contribution in [1.82, 2.24) is 0 Å². The zero-order valence-electron chi connectivity index (χ0n) is 17.2. The summed E-state index contributed by atoms with van der Waals surface area (Å²) in [4.78, 5) is 28.3. The Balaban J connectivity index is 2.20. The van der Waals surface area contributed by atoms with Gasteiger partial charge in [-0.3, -0.25) is 15.1 Å². The monoisotopic (exact) mass is 415 g/mol. The molecular weight excluding hydrogens is 394 g/mol. The van der Waals surface area contributed by atoms with E-state index in [-0.39, 0.29) is 17.9 Å². The minimum atomic E-state index is -0.754. The number of carbonyl (C=O) groups is 1. The lowest BCUT2D eigenvalue weighted by atomic mass is 9.76. The predicted octanol–water partition coefficient (Wildman–Crippen LogP) is 4.82. The summed E-state index contributed by atoms with van der Waals surface area (Å²) in [5.74, 6) is -2.09. The average molecular weight is 415 g/mol. The summed E-state index contributed by atoms with van der Waals surface area (Å²) in [5, 5.41) is 21.1. The number of ether oxygens (including phenoxy) is 1. The molecule has 0 saturated heterocycles. The lowest BCUT2D eigenvalue weighted by Gasteiger charge is -2.29. The Morgan fingerprint density at radius 1 is 1.23 bits per heavy atom. The zero-order valence-corrected chi connectivity index (χ0v) is 17.2. The van der Waals surface area contributed by atoms with Crippen LogP contribution in [0.3, 0.4) is 0 Å². The fourth-order valence-electron chi connectivity index (χ4n) is 3.55. The summed E-state index contributed by atoms with van der Waals surface area (Å²) in [6.07, 6.45) is 3.53. The molecule has 0 spiro atoms. The van der Waals surface area contributed by atoms with Gasteiger partial charge in [0.25, 0.3) is 5.69 Å². The molecule has 7 heteroatoms. The molecule has 156 valence electrons. The molecule has 0 aliphatic carbocycles. The number of nitrogens with zero attached hydrogens (tertiary/aromatic N) is 3. The molecule has 0 fully saturated rings. The van der Waals surface area contributed by atoms with Crippen molar-refractivity contribution < 1.29 is 14.5 Å². The lowest BCUT2D eigenvalue weighted by Crippen LogP contribution is -2.29. The normalized spacial score (nSPS) is 18.4. The van der Waals surface area contributed by atoms with Gasteiger partial charge >= 0.3 is 5.97 Å². The maximum absolute atomic E-state index is 13.0. The van der Waals surface area contributed by atoms with Crippen LogP contribution in [0.1, 0.15) is 30.9 Å². The highest BCUT2D eigenvalue weighted by molar-refractivity contribution is 5.99. The molecule has 31 heavy (non-hydrogen) atoms. The number of benzene rings is 2. The number of hydrogen-bond acceptors (Lipinski definition) is 6. The smallest absolute Gasteiger partial charge is 0.336 e. The van der Waals surface area contributed by atoms with Gasteiger partial charge in [0.1, 0.15) is 0 Å². The van der Waals surface area contributed by atoms with E-state index in [0.29, 0.717) is 17.0 Å². The van der Waals surface area contributed by atoms with Crippen LogP contribution in [0, 0.1) is 27.4 Å². The van der Waals surface area contributed by atoms with E-state index < -0.39 is 22.7 Å². The first-order chi connectivity index (χ1) is 15.0. The largest absolute Gasteiger partial charge is 0.463 e. The quantitative estimate of drug-likeness (QED) is 0.382. The first kappa shape index (κ1) is 21.7. The Labute approximate surface area is 180 Å². The van der Waals surface area contributed by atoms with E-state index in [1.165, 1.54) is 12.1 Å². The standard InChI is InChI=1S/C24H21N3O4/c1-3-31-24(28)23-21(13-12-17-8-5-4-6-9-17)26-16(2)20(15-25)22(23)18-10-7-11-19(14-18)27(29)30/h4-14,20,22H,3H2,1-2H3. The van der Waals surface area contributed by atoms with E-state index in [1.54, 1.807) is 32.1 Å². The molecule has 0 saturated carbocycles. The molecule has 2 aromatic carbocycles. The molecule has 0 amide bonds. The fraction of sp³-hybridized carbons (Fsp3) is 0.208. The van der Waals surface area contributed by atoms with E-state index in [0.717, 1.165) is 5.56 Å². The van der Waals surface area contributed by atoms with E-state index >= 15 is 0 Å². The molecule has 0 aromatic heterocycles. The molecule has 0 N–H and O–H groups in total. The van der Waals surface area contributed by atoms with E-state index in [1.807, 2.05) is 36.4 Å². The van der Waals surface area contributed by atoms with Crippen LogP contribution in [0.4, 0.5) is 5.69 Å². The molecule has 1 aliphatic rings.